The highest BCUT2D eigenvalue weighted by molar-refractivity contribution is 6.54. The predicted molar refractivity (Wildman–Crippen MR) is 128 cm³/mol. The number of carbonyl (C=O) groups is 2. The van der Waals surface area contributed by atoms with Gasteiger partial charge in [0.25, 0.3) is 0 Å². The topological polar surface area (TPSA) is 83.8 Å². The van der Waals surface area contributed by atoms with E-state index in [4.69, 9.17) is 51.1 Å². The van der Waals surface area contributed by atoms with Crippen LogP contribution in [0.3, 0.4) is 0 Å². The fourth-order valence-corrected chi connectivity index (χ4v) is 4.18. The second-order valence-corrected chi connectivity index (χ2v) is 10.9. The Labute approximate surface area is 207 Å². The minimum atomic E-state index is -1.50. The van der Waals surface area contributed by atoms with Gasteiger partial charge >= 0.3 is 11.9 Å². The van der Waals surface area contributed by atoms with Crippen molar-refractivity contribution in [3.8, 4) is 5.75 Å². The van der Waals surface area contributed by atoms with Crippen molar-refractivity contribution >= 4 is 58.3 Å². The molecule has 0 aromatic heterocycles. The second kappa shape index (κ2) is 9.30. The molecular formula is C23H24Cl4O5. The van der Waals surface area contributed by atoms with Crippen molar-refractivity contribution in [2.24, 2.45) is 0 Å². The zero-order valence-corrected chi connectivity index (χ0v) is 21.5. The molecule has 9 heteroatoms. The first-order chi connectivity index (χ1) is 14.5. The molecule has 174 valence electrons. The summed E-state index contributed by atoms with van der Waals surface area (Å²) in [5.41, 5.74) is 0.181. The molecule has 0 fully saturated rings. The van der Waals surface area contributed by atoms with Gasteiger partial charge in [0.2, 0.25) is 0 Å². The summed E-state index contributed by atoms with van der Waals surface area (Å²) >= 11 is 24.1. The fraction of sp³-hybridized carbons (Fsp3) is 0.391. The van der Waals surface area contributed by atoms with Crippen LogP contribution < -0.4 is 0 Å². The third-order valence-corrected chi connectivity index (χ3v) is 6.64. The van der Waals surface area contributed by atoms with Gasteiger partial charge in [-0.2, -0.15) is 0 Å². The minimum absolute atomic E-state index is 0.188. The first-order valence-corrected chi connectivity index (χ1v) is 11.1. The largest absolute Gasteiger partial charge is 0.507 e. The van der Waals surface area contributed by atoms with Gasteiger partial charge in [0.1, 0.15) is 12.4 Å². The zero-order valence-electron chi connectivity index (χ0n) is 18.5. The highest BCUT2D eigenvalue weighted by atomic mass is 35.5. The van der Waals surface area contributed by atoms with E-state index < -0.39 is 28.1 Å². The summed E-state index contributed by atoms with van der Waals surface area (Å²) in [6.45, 7) is 11.6. The Balaban J connectivity index is 2.53. The van der Waals surface area contributed by atoms with Crippen LogP contribution in [0.5, 0.6) is 5.75 Å². The molecule has 0 aliphatic carbocycles. The summed E-state index contributed by atoms with van der Waals surface area (Å²) in [7, 11) is 0. The SMILES string of the molecule is CC(C)(C)c1cc(COC(=O)c2c(Cl)c(Cl)c(Cl)c(Cl)c2C(=O)O)cc(C(C)(C)C)c1O. The van der Waals surface area contributed by atoms with Gasteiger partial charge < -0.3 is 14.9 Å². The van der Waals surface area contributed by atoms with E-state index in [2.05, 4.69) is 0 Å². The Bertz CT molecular complexity index is 1060. The quantitative estimate of drug-likeness (QED) is 0.245. The van der Waals surface area contributed by atoms with Gasteiger partial charge in [-0.05, 0) is 39.7 Å². The van der Waals surface area contributed by atoms with E-state index in [9.17, 15) is 19.8 Å². The monoisotopic (exact) mass is 520 g/mol. The van der Waals surface area contributed by atoms with Crippen LogP contribution in [0.25, 0.3) is 0 Å². The van der Waals surface area contributed by atoms with Crippen molar-refractivity contribution in [3.63, 3.8) is 0 Å². The number of benzene rings is 2. The molecule has 0 unspecified atom stereocenters. The van der Waals surface area contributed by atoms with Crippen molar-refractivity contribution in [1.82, 2.24) is 0 Å². The van der Waals surface area contributed by atoms with E-state index in [0.29, 0.717) is 16.7 Å². The van der Waals surface area contributed by atoms with Crippen LogP contribution in [0.15, 0.2) is 12.1 Å². The normalized spacial score (nSPS) is 12.1. The van der Waals surface area contributed by atoms with Crippen LogP contribution in [0.2, 0.25) is 20.1 Å². The smallest absolute Gasteiger partial charge is 0.340 e. The van der Waals surface area contributed by atoms with Gasteiger partial charge in [-0.15, -0.1) is 0 Å². The number of carboxylic acids is 1. The molecule has 32 heavy (non-hydrogen) atoms. The summed E-state index contributed by atoms with van der Waals surface area (Å²) in [5, 5.41) is 19.1. The third-order valence-electron chi connectivity index (χ3n) is 4.84. The molecule has 0 amide bonds. The molecule has 5 nitrogen and oxygen atoms in total. The van der Waals surface area contributed by atoms with Crippen LogP contribution in [0, 0.1) is 0 Å². The second-order valence-electron chi connectivity index (χ2n) is 9.43. The molecule has 0 radical (unpaired) electrons. The summed E-state index contributed by atoms with van der Waals surface area (Å²) in [5.74, 6) is -2.33. The molecule has 0 atom stereocenters. The van der Waals surface area contributed by atoms with E-state index in [-0.39, 0.29) is 38.3 Å². The number of phenols is 1. The summed E-state index contributed by atoms with van der Waals surface area (Å²) in [6.07, 6.45) is 0. The van der Waals surface area contributed by atoms with Crippen LogP contribution in [0.4, 0.5) is 0 Å². The molecule has 2 aromatic carbocycles. The van der Waals surface area contributed by atoms with Gasteiger partial charge in [0.05, 0.1) is 31.2 Å². The molecule has 0 saturated heterocycles. The van der Waals surface area contributed by atoms with Crippen LogP contribution in [-0.2, 0) is 22.2 Å². The number of hydrogen-bond donors (Lipinski definition) is 2. The lowest BCUT2D eigenvalue weighted by molar-refractivity contribution is 0.0463. The van der Waals surface area contributed by atoms with E-state index in [1.165, 1.54) is 0 Å². The van der Waals surface area contributed by atoms with Gasteiger partial charge in [0.15, 0.2) is 0 Å². The standard InChI is InChI=1S/C23H24Cl4O5/c1-22(2,3)11-7-10(8-12(19(11)28)23(4,5)6)9-32-21(31)14-13(20(29)30)15(24)17(26)18(27)16(14)25/h7-8,28H,9H2,1-6H3,(H,29,30). The van der Waals surface area contributed by atoms with Crippen molar-refractivity contribution in [2.75, 3.05) is 0 Å². The maximum Gasteiger partial charge on any atom is 0.340 e. The lowest BCUT2D eigenvalue weighted by Gasteiger charge is -2.28. The highest BCUT2D eigenvalue weighted by Crippen LogP contribution is 2.42. The van der Waals surface area contributed by atoms with Gasteiger partial charge in [-0.25, -0.2) is 9.59 Å². The van der Waals surface area contributed by atoms with Crippen molar-refractivity contribution < 1.29 is 24.5 Å². The molecule has 0 aliphatic heterocycles. The van der Waals surface area contributed by atoms with Crippen molar-refractivity contribution in [1.29, 1.82) is 0 Å². The summed E-state index contributed by atoms with van der Waals surface area (Å²) < 4.78 is 5.38. The van der Waals surface area contributed by atoms with E-state index in [0.717, 1.165) is 0 Å². The van der Waals surface area contributed by atoms with Crippen LogP contribution >= 0.6 is 46.4 Å². The number of phenolic OH excluding ortho intramolecular Hbond substituents is 1. The maximum absolute atomic E-state index is 12.8. The molecule has 2 aromatic rings. The maximum atomic E-state index is 12.8. The average molecular weight is 522 g/mol. The lowest BCUT2D eigenvalue weighted by atomic mass is 9.78. The van der Waals surface area contributed by atoms with E-state index in [1.54, 1.807) is 12.1 Å². The zero-order chi connectivity index (χ0) is 24.8. The van der Waals surface area contributed by atoms with Crippen LogP contribution in [-0.4, -0.2) is 22.2 Å². The number of carboxylic acid groups (broad SMARTS) is 1. The van der Waals surface area contributed by atoms with E-state index in [1.807, 2.05) is 41.5 Å². The number of halogens is 4. The Hall–Kier alpha value is -1.66. The summed E-state index contributed by atoms with van der Waals surface area (Å²) in [4.78, 5) is 24.5. The lowest BCUT2D eigenvalue weighted by Crippen LogP contribution is -2.18. The molecular weight excluding hydrogens is 498 g/mol. The highest BCUT2D eigenvalue weighted by Gasteiger charge is 2.31. The van der Waals surface area contributed by atoms with Gasteiger partial charge in [0, 0.05) is 0 Å². The predicted octanol–water partition coefficient (Wildman–Crippen LogP) is 7.66. The number of esters is 1. The molecule has 0 aliphatic rings. The number of hydrogen-bond acceptors (Lipinski definition) is 4. The fourth-order valence-electron chi connectivity index (χ4n) is 3.17. The van der Waals surface area contributed by atoms with Gasteiger partial charge in [-0.3, -0.25) is 0 Å². The van der Waals surface area contributed by atoms with Gasteiger partial charge in [-0.1, -0.05) is 87.9 Å². The molecule has 0 bridgehead atoms. The molecule has 0 heterocycles. The number of carbonyl (C=O) groups excluding carboxylic acids is 1. The van der Waals surface area contributed by atoms with Crippen LogP contribution in [0.1, 0.15) is 78.9 Å². The Morgan fingerprint density at radius 3 is 1.59 bits per heavy atom. The minimum Gasteiger partial charge on any atom is -0.507 e. The molecule has 2 rings (SSSR count). The first kappa shape index (κ1) is 26.6. The molecule has 0 spiro atoms. The molecule has 2 N–H and O–H groups in total. The Morgan fingerprint density at radius 2 is 1.22 bits per heavy atom. The Kier molecular flexibility index (Phi) is 7.73. The number of rotatable bonds is 4. The molecule has 0 saturated carbocycles. The number of aromatic hydroxyl groups is 1. The van der Waals surface area contributed by atoms with Crippen molar-refractivity contribution in [2.45, 2.75) is 59.0 Å². The summed E-state index contributed by atoms with van der Waals surface area (Å²) in [6, 6.07) is 3.50. The Morgan fingerprint density at radius 1 is 0.812 bits per heavy atom. The third kappa shape index (κ3) is 5.28. The number of aromatic carboxylic acids is 1. The number of ether oxygens (including phenoxy) is 1. The first-order valence-electron chi connectivity index (χ1n) is 9.61. The average Bonchev–Trinajstić information content (AvgIpc) is 2.65. The van der Waals surface area contributed by atoms with E-state index >= 15 is 0 Å². The van der Waals surface area contributed by atoms with Crippen molar-refractivity contribution in [3.05, 3.63) is 60.0 Å².